The standard InChI is InChI=1S/2C13H19N3O/c2*1-9-7-10(17)12-11(9)13(15-8-14-12)16-5-3-2-4-6-16/h2*8-10,17H,2-7H2,1H3/t9-,10+;9-,10-/m11/s1. The van der Waals surface area contributed by atoms with Crippen LogP contribution in [-0.2, 0) is 0 Å². The zero-order valence-electron chi connectivity index (χ0n) is 20.5. The predicted octanol–water partition coefficient (Wildman–Crippen LogP) is 4.02. The number of aliphatic hydroxyl groups excluding tert-OH is 2. The quantitative estimate of drug-likeness (QED) is 0.685. The van der Waals surface area contributed by atoms with Gasteiger partial charge in [0.15, 0.2) is 0 Å². The normalized spacial score (nSPS) is 28.2. The summed E-state index contributed by atoms with van der Waals surface area (Å²) in [7, 11) is 0. The minimum atomic E-state index is -0.397. The highest BCUT2D eigenvalue weighted by Gasteiger charge is 2.34. The van der Waals surface area contributed by atoms with Crippen LogP contribution in [0, 0.1) is 0 Å². The molecule has 0 amide bonds. The summed E-state index contributed by atoms with van der Waals surface area (Å²) in [6.45, 7) is 8.68. The molecule has 0 radical (unpaired) electrons. The molecule has 2 aromatic heterocycles. The fourth-order valence-electron chi connectivity index (χ4n) is 6.12. The van der Waals surface area contributed by atoms with Crippen LogP contribution < -0.4 is 9.80 Å². The first kappa shape index (κ1) is 23.4. The van der Waals surface area contributed by atoms with Gasteiger partial charge in [0, 0.05) is 37.3 Å². The van der Waals surface area contributed by atoms with Crippen molar-refractivity contribution in [1.82, 2.24) is 19.9 Å². The Kier molecular flexibility index (Phi) is 6.97. The van der Waals surface area contributed by atoms with E-state index in [0.717, 1.165) is 62.0 Å². The van der Waals surface area contributed by atoms with Gasteiger partial charge in [0.05, 0.1) is 23.6 Å². The minimum Gasteiger partial charge on any atom is -0.387 e. The van der Waals surface area contributed by atoms with Crippen molar-refractivity contribution in [2.45, 2.75) is 89.3 Å². The van der Waals surface area contributed by atoms with Crippen molar-refractivity contribution < 1.29 is 10.2 Å². The third-order valence-corrected chi connectivity index (χ3v) is 7.87. The van der Waals surface area contributed by atoms with E-state index in [1.807, 2.05) is 0 Å². The van der Waals surface area contributed by atoms with Gasteiger partial charge in [-0.15, -0.1) is 0 Å². The molecule has 2 saturated heterocycles. The highest BCUT2D eigenvalue weighted by atomic mass is 16.3. The van der Waals surface area contributed by atoms with Gasteiger partial charge in [-0.05, 0) is 63.2 Å². The zero-order valence-corrected chi connectivity index (χ0v) is 20.5. The highest BCUT2D eigenvalue weighted by Crippen LogP contribution is 2.44. The van der Waals surface area contributed by atoms with Gasteiger partial charge in [0.1, 0.15) is 24.3 Å². The van der Waals surface area contributed by atoms with E-state index >= 15 is 0 Å². The predicted molar refractivity (Wildman–Crippen MR) is 132 cm³/mol. The summed E-state index contributed by atoms with van der Waals surface area (Å²) < 4.78 is 0. The lowest BCUT2D eigenvalue weighted by atomic mass is 10.0. The molecule has 2 aliphatic carbocycles. The molecule has 4 aliphatic rings. The molecule has 6 rings (SSSR count). The maximum absolute atomic E-state index is 9.97. The van der Waals surface area contributed by atoms with Gasteiger partial charge in [0.25, 0.3) is 0 Å². The van der Waals surface area contributed by atoms with Crippen LogP contribution in [0.2, 0.25) is 0 Å². The molecule has 4 atom stereocenters. The summed E-state index contributed by atoms with van der Waals surface area (Å²) in [6, 6.07) is 0. The molecule has 4 heterocycles. The van der Waals surface area contributed by atoms with E-state index in [1.165, 1.54) is 49.7 Å². The average Bonchev–Trinajstić information content (AvgIpc) is 3.34. The number of piperidine rings is 2. The first-order valence-electron chi connectivity index (χ1n) is 13.1. The number of anilines is 2. The van der Waals surface area contributed by atoms with E-state index in [9.17, 15) is 10.2 Å². The summed E-state index contributed by atoms with van der Waals surface area (Å²) >= 11 is 0. The third kappa shape index (κ3) is 4.50. The second-order valence-electron chi connectivity index (χ2n) is 10.4. The first-order chi connectivity index (χ1) is 16.5. The summed E-state index contributed by atoms with van der Waals surface area (Å²) in [5, 5.41) is 19.9. The van der Waals surface area contributed by atoms with E-state index in [0.29, 0.717) is 11.8 Å². The van der Waals surface area contributed by atoms with Crippen molar-refractivity contribution in [3.05, 3.63) is 35.2 Å². The van der Waals surface area contributed by atoms with Gasteiger partial charge in [-0.2, -0.15) is 0 Å². The monoisotopic (exact) mass is 466 g/mol. The Morgan fingerprint density at radius 3 is 1.38 bits per heavy atom. The van der Waals surface area contributed by atoms with Gasteiger partial charge in [-0.25, -0.2) is 19.9 Å². The Balaban J connectivity index is 0.000000142. The van der Waals surface area contributed by atoms with Crippen LogP contribution in [0.15, 0.2) is 12.7 Å². The number of nitrogens with zero attached hydrogens (tertiary/aromatic N) is 6. The maximum atomic E-state index is 9.97. The summed E-state index contributed by atoms with van der Waals surface area (Å²) in [6.07, 6.45) is 11.6. The molecule has 8 nitrogen and oxygen atoms in total. The van der Waals surface area contributed by atoms with Gasteiger partial charge < -0.3 is 20.0 Å². The van der Waals surface area contributed by atoms with Crippen molar-refractivity contribution in [1.29, 1.82) is 0 Å². The van der Waals surface area contributed by atoms with Gasteiger partial charge in [-0.3, -0.25) is 0 Å². The van der Waals surface area contributed by atoms with E-state index in [4.69, 9.17) is 0 Å². The average molecular weight is 467 g/mol. The SMILES string of the molecule is C[C@@H]1C[C@@H](O)c2ncnc(N3CCCCC3)c21.C[C@@H]1C[C@H](O)c2ncnc(N3CCCCC3)c21. The Hall–Kier alpha value is -2.32. The van der Waals surface area contributed by atoms with Crippen molar-refractivity contribution >= 4 is 11.6 Å². The Morgan fingerprint density at radius 1 is 0.618 bits per heavy atom. The van der Waals surface area contributed by atoms with Crippen LogP contribution in [-0.4, -0.2) is 56.3 Å². The summed E-state index contributed by atoms with van der Waals surface area (Å²) in [5.41, 5.74) is 4.07. The lowest BCUT2D eigenvalue weighted by Gasteiger charge is -2.29. The van der Waals surface area contributed by atoms with Gasteiger partial charge in [0.2, 0.25) is 0 Å². The Bertz CT molecular complexity index is 910. The first-order valence-corrected chi connectivity index (χ1v) is 13.1. The number of hydrogen-bond donors (Lipinski definition) is 2. The van der Waals surface area contributed by atoms with Gasteiger partial charge in [-0.1, -0.05) is 13.8 Å². The van der Waals surface area contributed by atoms with Crippen molar-refractivity contribution in [3.63, 3.8) is 0 Å². The molecular weight excluding hydrogens is 428 g/mol. The molecule has 0 spiro atoms. The number of aliphatic hydroxyl groups is 2. The minimum absolute atomic E-state index is 0.373. The van der Waals surface area contributed by atoms with Crippen LogP contribution in [0.5, 0.6) is 0 Å². The zero-order chi connectivity index (χ0) is 23.7. The fraction of sp³-hybridized carbons (Fsp3) is 0.692. The lowest BCUT2D eigenvalue weighted by Crippen LogP contribution is -2.31. The molecule has 0 aromatic carbocycles. The fourth-order valence-corrected chi connectivity index (χ4v) is 6.12. The second-order valence-corrected chi connectivity index (χ2v) is 10.4. The molecule has 2 fully saturated rings. The third-order valence-electron chi connectivity index (χ3n) is 7.87. The molecule has 0 unspecified atom stereocenters. The van der Waals surface area contributed by atoms with Crippen LogP contribution in [0.25, 0.3) is 0 Å². The number of rotatable bonds is 2. The van der Waals surface area contributed by atoms with Gasteiger partial charge >= 0.3 is 0 Å². The molecule has 8 heteroatoms. The highest BCUT2D eigenvalue weighted by molar-refractivity contribution is 5.54. The lowest BCUT2D eigenvalue weighted by molar-refractivity contribution is 0.170. The molecular formula is C26H38N6O2. The van der Waals surface area contributed by atoms with E-state index in [2.05, 4.69) is 43.6 Å². The molecule has 2 aromatic rings. The van der Waals surface area contributed by atoms with Crippen LogP contribution in [0.1, 0.15) is 112 Å². The smallest absolute Gasteiger partial charge is 0.135 e. The second kappa shape index (κ2) is 10.1. The molecule has 2 aliphatic heterocycles. The van der Waals surface area contributed by atoms with Crippen LogP contribution >= 0.6 is 0 Å². The van der Waals surface area contributed by atoms with Crippen LogP contribution in [0.3, 0.4) is 0 Å². The molecule has 0 saturated carbocycles. The number of fused-ring (bicyclic) bond motifs is 2. The maximum Gasteiger partial charge on any atom is 0.135 e. The summed E-state index contributed by atoms with van der Waals surface area (Å²) in [5.74, 6) is 2.88. The number of aromatic nitrogens is 4. The van der Waals surface area contributed by atoms with E-state index in [1.54, 1.807) is 12.7 Å². The largest absolute Gasteiger partial charge is 0.387 e. The molecule has 2 N–H and O–H groups in total. The van der Waals surface area contributed by atoms with Crippen molar-refractivity contribution in [3.8, 4) is 0 Å². The topological polar surface area (TPSA) is 98.5 Å². The summed E-state index contributed by atoms with van der Waals surface area (Å²) in [4.78, 5) is 22.2. The Morgan fingerprint density at radius 2 is 1.00 bits per heavy atom. The number of hydrogen-bond acceptors (Lipinski definition) is 8. The van der Waals surface area contributed by atoms with Crippen molar-refractivity contribution in [2.75, 3.05) is 36.0 Å². The molecule has 34 heavy (non-hydrogen) atoms. The Labute approximate surface area is 202 Å². The van der Waals surface area contributed by atoms with E-state index < -0.39 is 12.2 Å². The van der Waals surface area contributed by atoms with E-state index in [-0.39, 0.29) is 0 Å². The molecule has 184 valence electrons. The molecule has 0 bridgehead atoms. The van der Waals surface area contributed by atoms with Crippen molar-refractivity contribution in [2.24, 2.45) is 0 Å². The van der Waals surface area contributed by atoms with Crippen LogP contribution in [0.4, 0.5) is 11.6 Å².